The first-order chi connectivity index (χ1) is 16.4. The van der Waals surface area contributed by atoms with Crippen molar-refractivity contribution in [3.8, 4) is 11.5 Å². The second-order valence-corrected chi connectivity index (χ2v) is 10.1. The number of hydrogen-bond donors (Lipinski definition) is 0. The van der Waals surface area contributed by atoms with Crippen molar-refractivity contribution in [2.75, 3.05) is 20.8 Å². The van der Waals surface area contributed by atoms with Crippen LogP contribution in [0.2, 0.25) is 0 Å². The fourth-order valence-corrected chi connectivity index (χ4v) is 5.24. The molecule has 0 unspecified atom stereocenters. The second kappa shape index (κ2) is 12.9. The molecule has 0 spiro atoms. The fourth-order valence-electron chi connectivity index (χ4n) is 3.36. The lowest BCUT2D eigenvalue weighted by atomic mass is 10.1. The molecule has 34 heavy (non-hydrogen) atoms. The molecule has 0 saturated carbocycles. The molecule has 0 aliphatic carbocycles. The molecule has 1 aliphatic heterocycles. The summed E-state index contributed by atoms with van der Waals surface area (Å²) in [4.78, 5) is 26.3. The molecule has 3 rings (SSSR count). The highest BCUT2D eigenvalue weighted by atomic mass is 79.9. The van der Waals surface area contributed by atoms with E-state index in [1.54, 1.807) is 12.0 Å². The molecule has 1 heterocycles. The number of rotatable bonds is 11. The van der Waals surface area contributed by atoms with Crippen LogP contribution in [0.5, 0.6) is 11.5 Å². The minimum atomic E-state index is -0.216. The molecule has 9 heteroatoms. The molecule has 0 atom stereocenters. The maximum atomic E-state index is 12.9. The van der Waals surface area contributed by atoms with Crippen molar-refractivity contribution in [3.05, 3.63) is 63.0 Å². The highest BCUT2D eigenvalue weighted by molar-refractivity contribution is 9.10. The van der Waals surface area contributed by atoms with Gasteiger partial charge in [-0.1, -0.05) is 60.7 Å². The minimum Gasteiger partial charge on any atom is -0.493 e. The number of thioether (sulfide) groups is 1. The van der Waals surface area contributed by atoms with E-state index >= 15 is 0 Å². The standard InChI is InChI=1S/C25H26BrNO5S2/c1-30-20-14-18(13-19(26)23(20)32-16-17-9-5-3-6-10-17)15-21-24(29)27(25(33)34-21)12-8-4-7-11-22(28)31-2/h3,5-6,9-10,13-15H,4,7-8,11-12,16H2,1-2H3/b21-15-. The molecule has 0 bridgehead atoms. The van der Waals surface area contributed by atoms with Crippen LogP contribution in [0.1, 0.15) is 36.8 Å². The number of amides is 1. The van der Waals surface area contributed by atoms with Crippen molar-refractivity contribution in [2.45, 2.75) is 32.3 Å². The number of nitrogens with zero attached hydrogens (tertiary/aromatic N) is 1. The topological polar surface area (TPSA) is 65.1 Å². The van der Waals surface area contributed by atoms with Crippen molar-refractivity contribution in [1.29, 1.82) is 0 Å². The molecule has 1 saturated heterocycles. The number of unbranched alkanes of at least 4 members (excludes halogenated alkanes) is 2. The number of thiocarbonyl (C=S) groups is 1. The Hall–Kier alpha value is -2.36. The van der Waals surface area contributed by atoms with Crippen LogP contribution in [0.15, 0.2) is 51.8 Å². The predicted molar refractivity (Wildman–Crippen MR) is 142 cm³/mol. The molecule has 180 valence electrons. The Balaban J connectivity index is 1.65. The minimum absolute atomic E-state index is 0.109. The normalized spacial score (nSPS) is 14.6. The zero-order valence-electron chi connectivity index (χ0n) is 19.0. The summed E-state index contributed by atoms with van der Waals surface area (Å²) in [7, 11) is 2.97. The van der Waals surface area contributed by atoms with Gasteiger partial charge in [0.25, 0.3) is 5.91 Å². The van der Waals surface area contributed by atoms with Gasteiger partial charge in [-0.3, -0.25) is 14.5 Å². The van der Waals surface area contributed by atoms with E-state index < -0.39 is 0 Å². The van der Waals surface area contributed by atoms with Crippen LogP contribution in [0.3, 0.4) is 0 Å². The van der Waals surface area contributed by atoms with Gasteiger partial charge in [0.1, 0.15) is 10.9 Å². The Morgan fingerprint density at radius 2 is 1.91 bits per heavy atom. The van der Waals surface area contributed by atoms with Gasteiger partial charge in [-0.25, -0.2) is 0 Å². The van der Waals surface area contributed by atoms with Crippen molar-refractivity contribution in [3.63, 3.8) is 0 Å². The van der Waals surface area contributed by atoms with Gasteiger partial charge in [-0.2, -0.15) is 0 Å². The fraction of sp³-hybridized carbons (Fsp3) is 0.320. The number of methoxy groups -OCH3 is 2. The lowest BCUT2D eigenvalue weighted by Crippen LogP contribution is -2.29. The number of carbonyl (C=O) groups excluding carboxylic acids is 2. The van der Waals surface area contributed by atoms with E-state index in [2.05, 4.69) is 20.7 Å². The summed E-state index contributed by atoms with van der Waals surface area (Å²) in [5.74, 6) is 0.842. The maximum absolute atomic E-state index is 12.9. The maximum Gasteiger partial charge on any atom is 0.305 e. The van der Waals surface area contributed by atoms with E-state index in [0.717, 1.165) is 34.9 Å². The first-order valence-electron chi connectivity index (χ1n) is 10.8. The van der Waals surface area contributed by atoms with Gasteiger partial charge in [-0.15, -0.1) is 0 Å². The largest absolute Gasteiger partial charge is 0.493 e. The van der Waals surface area contributed by atoms with E-state index in [4.69, 9.17) is 21.7 Å². The third-order valence-corrected chi connectivity index (χ3v) is 7.11. The van der Waals surface area contributed by atoms with Crippen LogP contribution < -0.4 is 9.47 Å². The summed E-state index contributed by atoms with van der Waals surface area (Å²) in [5, 5.41) is 0. The third kappa shape index (κ3) is 7.07. The monoisotopic (exact) mass is 563 g/mol. The Morgan fingerprint density at radius 3 is 2.62 bits per heavy atom. The molecule has 1 aliphatic rings. The van der Waals surface area contributed by atoms with Gasteiger partial charge >= 0.3 is 5.97 Å². The van der Waals surface area contributed by atoms with E-state index in [-0.39, 0.29) is 11.9 Å². The second-order valence-electron chi connectivity index (χ2n) is 7.53. The lowest BCUT2D eigenvalue weighted by molar-refractivity contribution is -0.140. The first kappa shape index (κ1) is 26.2. The van der Waals surface area contributed by atoms with Crippen molar-refractivity contribution < 1.29 is 23.8 Å². The average molecular weight is 565 g/mol. The highest BCUT2D eigenvalue weighted by Gasteiger charge is 2.31. The zero-order valence-corrected chi connectivity index (χ0v) is 22.3. The number of halogens is 1. The van der Waals surface area contributed by atoms with Crippen molar-refractivity contribution in [1.82, 2.24) is 4.90 Å². The number of ether oxygens (including phenoxy) is 3. The third-order valence-electron chi connectivity index (χ3n) is 5.14. The van der Waals surface area contributed by atoms with Crippen molar-refractivity contribution >= 4 is 62.2 Å². The Bertz CT molecular complexity index is 1070. The van der Waals surface area contributed by atoms with Gasteiger partial charge in [0.2, 0.25) is 0 Å². The summed E-state index contributed by atoms with van der Waals surface area (Å²) < 4.78 is 17.5. The Labute approximate surface area is 217 Å². The van der Waals surface area contributed by atoms with E-state index in [1.165, 1.54) is 18.9 Å². The average Bonchev–Trinajstić information content (AvgIpc) is 3.10. The van der Waals surface area contributed by atoms with Gasteiger partial charge in [0.05, 0.1) is 23.6 Å². The van der Waals surface area contributed by atoms with Gasteiger partial charge in [-0.05, 0) is 58.1 Å². The molecule has 6 nitrogen and oxygen atoms in total. The molecule has 0 N–H and O–H groups in total. The number of carbonyl (C=O) groups is 2. The van der Waals surface area contributed by atoms with Gasteiger partial charge in [0, 0.05) is 13.0 Å². The quantitative estimate of drug-likeness (QED) is 0.144. The number of esters is 1. The molecule has 1 fully saturated rings. The summed E-state index contributed by atoms with van der Waals surface area (Å²) in [6.07, 6.45) is 4.51. The molecule has 1 amide bonds. The van der Waals surface area contributed by atoms with Crippen LogP contribution in [0.25, 0.3) is 6.08 Å². The summed E-state index contributed by atoms with van der Waals surface area (Å²) in [6.45, 7) is 0.940. The summed E-state index contributed by atoms with van der Waals surface area (Å²) in [6, 6.07) is 13.6. The van der Waals surface area contributed by atoms with Gasteiger partial charge in [0.15, 0.2) is 11.5 Å². The van der Waals surface area contributed by atoms with Crippen LogP contribution in [-0.2, 0) is 20.9 Å². The molecule has 2 aromatic rings. The molecule has 2 aromatic carbocycles. The summed E-state index contributed by atoms with van der Waals surface area (Å²) >= 11 is 10.3. The Morgan fingerprint density at radius 1 is 1.15 bits per heavy atom. The van der Waals surface area contributed by atoms with E-state index in [0.29, 0.717) is 40.3 Å². The van der Waals surface area contributed by atoms with Crippen LogP contribution >= 0.6 is 39.9 Å². The first-order valence-corrected chi connectivity index (χ1v) is 12.8. The molecule has 0 radical (unpaired) electrons. The van der Waals surface area contributed by atoms with E-state index in [1.807, 2.05) is 48.5 Å². The lowest BCUT2D eigenvalue weighted by Gasteiger charge is -2.14. The van der Waals surface area contributed by atoms with Crippen LogP contribution in [0.4, 0.5) is 0 Å². The van der Waals surface area contributed by atoms with Crippen LogP contribution in [0, 0.1) is 0 Å². The molecular formula is C25H26BrNO5S2. The van der Waals surface area contributed by atoms with Crippen molar-refractivity contribution in [2.24, 2.45) is 0 Å². The van der Waals surface area contributed by atoms with Gasteiger partial charge < -0.3 is 14.2 Å². The Kier molecular flexibility index (Phi) is 9.98. The van der Waals surface area contributed by atoms with Crippen LogP contribution in [-0.4, -0.2) is 41.9 Å². The predicted octanol–water partition coefficient (Wildman–Crippen LogP) is 5.97. The number of benzene rings is 2. The highest BCUT2D eigenvalue weighted by Crippen LogP contribution is 2.39. The smallest absolute Gasteiger partial charge is 0.305 e. The SMILES string of the molecule is COC(=O)CCCCCN1C(=O)/C(=C/c2cc(Br)c(OCc3ccccc3)c(OC)c2)SC1=S. The molecular weight excluding hydrogens is 538 g/mol. The molecule has 0 aromatic heterocycles. The number of hydrogen-bond acceptors (Lipinski definition) is 7. The zero-order chi connectivity index (χ0) is 24.5. The summed E-state index contributed by atoms with van der Waals surface area (Å²) in [5.41, 5.74) is 1.85. The van der Waals surface area contributed by atoms with E-state index in [9.17, 15) is 9.59 Å².